The number of carbonyl (C=O) groups is 2. The molecule has 0 heterocycles. The highest BCUT2D eigenvalue weighted by atomic mass is 16.4. The first-order valence-corrected chi connectivity index (χ1v) is 5.71. The first kappa shape index (κ1) is 14.1. The number of carbonyl (C=O) groups excluding carboxylic acids is 1. The van der Waals surface area contributed by atoms with Gasteiger partial charge in [0.05, 0.1) is 6.54 Å². The molecule has 18 heavy (non-hydrogen) atoms. The molecule has 0 aliphatic rings. The zero-order valence-corrected chi connectivity index (χ0v) is 10.4. The molecule has 4 heteroatoms. The first-order chi connectivity index (χ1) is 8.58. The number of rotatable bonds is 7. The van der Waals surface area contributed by atoms with Crippen molar-refractivity contribution in [1.82, 2.24) is 4.90 Å². The standard InChI is InChI=1S/C14H17NO3/c1-15(11-13(16)10-14(17)18)9-5-8-12-6-3-2-4-7-12/h2-8H,9-11H2,1H3,(H,17,18)/b8-5+. The van der Waals surface area contributed by atoms with Gasteiger partial charge in [-0.25, -0.2) is 0 Å². The van der Waals surface area contributed by atoms with Crippen molar-refractivity contribution >= 4 is 17.8 Å². The fraction of sp³-hybridized carbons (Fsp3) is 0.286. The van der Waals surface area contributed by atoms with Gasteiger partial charge in [0.25, 0.3) is 0 Å². The smallest absolute Gasteiger partial charge is 0.310 e. The van der Waals surface area contributed by atoms with Gasteiger partial charge in [-0.15, -0.1) is 0 Å². The number of ketones is 1. The van der Waals surface area contributed by atoms with Gasteiger partial charge < -0.3 is 5.11 Å². The van der Waals surface area contributed by atoms with E-state index in [1.807, 2.05) is 42.5 Å². The summed E-state index contributed by atoms with van der Waals surface area (Å²) in [5.41, 5.74) is 1.10. The Morgan fingerprint density at radius 2 is 1.94 bits per heavy atom. The summed E-state index contributed by atoms with van der Waals surface area (Å²) in [6.45, 7) is 0.770. The highest BCUT2D eigenvalue weighted by Gasteiger charge is 2.09. The van der Waals surface area contributed by atoms with E-state index in [4.69, 9.17) is 5.11 Å². The zero-order valence-electron chi connectivity index (χ0n) is 10.4. The average molecular weight is 247 g/mol. The predicted molar refractivity (Wildman–Crippen MR) is 70.2 cm³/mol. The lowest BCUT2D eigenvalue weighted by molar-refractivity contribution is -0.140. The van der Waals surface area contributed by atoms with E-state index in [0.717, 1.165) is 5.56 Å². The number of hydrogen-bond acceptors (Lipinski definition) is 3. The highest BCUT2D eigenvalue weighted by Crippen LogP contribution is 2.01. The Kier molecular flexibility index (Phi) is 5.80. The molecule has 0 spiro atoms. The van der Waals surface area contributed by atoms with Crippen LogP contribution in [0.3, 0.4) is 0 Å². The van der Waals surface area contributed by atoms with Gasteiger partial charge >= 0.3 is 5.97 Å². The zero-order chi connectivity index (χ0) is 13.4. The lowest BCUT2D eigenvalue weighted by Crippen LogP contribution is -2.27. The van der Waals surface area contributed by atoms with E-state index in [9.17, 15) is 9.59 Å². The van der Waals surface area contributed by atoms with E-state index in [0.29, 0.717) is 6.54 Å². The van der Waals surface area contributed by atoms with Crippen molar-refractivity contribution in [3.8, 4) is 0 Å². The molecular weight excluding hydrogens is 230 g/mol. The molecular formula is C14H17NO3. The van der Waals surface area contributed by atoms with E-state index in [2.05, 4.69) is 0 Å². The lowest BCUT2D eigenvalue weighted by Gasteiger charge is -2.12. The molecule has 0 fully saturated rings. The van der Waals surface area contributed by atoms with Crippen LogP contribution in [-0.4, -0.2) is 41.9 Å². The highest BCUT2D eigenvalue weighted by molar-refractivity contribution is 5.95. The molecule has 0 aliphatic heterocycles. The molecule has 0 amide bonds. The Balaban J connectivity index is 2.33. The van der Waals surface area contributed by atoms with Gasteiger partial charge in [0.2, 0.25) is 0 Å². The molecule has 0 unspecified atom stereocenters. The maximum Gasteiger partial charge on any atom is 0.310 e. The molecule has 1 N–H and O–H groups in total. The molecule has 0 aliphatic carbocycles. The second-order valence-electron chi connectivity index (χ2n) is 4.12. The summed E-state index contributed by atoms with van der Waals surface area (Å²) in [5, 5.41) is 8.47. The number of likely N-dealkylation sites (N-methyl/N-ethyl adjacent to an activating group) is 1. The second-order valence-corrected chi connectivity index (χ2v) is 4.12. The molecule has 4 nitrogen and oxygen atoms in total. The maximum atomic E-state index is 11.3. The van der Waals surface area contributed by atoms with Crippen LogP contribution in [0.25, 0.3) is 6.08 Å². The SMILES string of the molecule is CN(C/C=C/c1ccccc1)CC(=O)CC(=O)O. The summed E-state index contributed by atoms with van der Waals surface area (Å²) in [4.78, 5) is 23.4. The summed E-state index contributed by atoms with van der Waals surface area (Å²) in [6, 6.07) is 9.85. The number of carboxylic acids is 1. The number of aliphatic carboxylic acids is 1. The summed E-state index contributed by atoms with van der Waals surface area (Å²) < 4.78 is 0. The summed E-state index contributed by atoms with van der Waals surface area (Å²) in [6.07, 6.45) is 3.51. The Morgan fingerprint density at radius 3 is 2.56 bits per heavy atom. The molecule has 1 aromatic rings. The van der Waals surface area contributed by atoms with E-state index < -0.39 is 12.4 Å². The molecule has 0 saturated heterocycles. The Labute approximate surface area is 107 Å². The van der Waals surface area contributed by atoms with Crippen LogP contribution in [0, 0.1) is 0 Å². The molecule has 1 rings (SSSR count). The number of hydrogen-bond donors (Lipinski definition) is 1. The van der Waals surface area contributed by atoms with E-state index in [1.54, 1.807) is 11.9 Å². The van der Waals surface area contributed by atoms with Gasteiger partial charge in [-0.05, 0) is 12.6 Å². The van der Waals surface area contributed by atoms with Crippen LogP contribution in [0.1, 0.15) is 12.0 Å². The van der Waals surface area contributed by atoms with E-state index in [-0.39, 0.29) is 12.3 Å². The molecule has 1 aromatic carbocycles. The largest absolute Gasteiger partial charge is 0.481 e. The fourth-order valence-corrected chi connectivity index (χ4v) is 1.52. The van der Waals surface area contributed by atoms with Crippen molar-refractivity contribution in [3.63, 3.8) is 0 Å². The van der Waals surface area contributed by atoms with Crippen LogP contribution in [0.4, 0.5) is 0 Å². The van der Waals surface area contributed by atoms with Crippen LogP contribution in [0.15, 0.2) is 36.4 Å². The summed E-state index contributed by atoms with van der Waals surface area (Å²) >= 11 is 0. The third kappa shape index (κ3) is 5.96. The Morgan fingerprint density at radius 1 is 1.28 bits per heavy atom. The number of carboxylic acid groups (broad SMARTS) is 1. The lowest BCUT2D eigenvalue weighted by atomic mass is 10.2. The predicted octanol–water partition coefficient (Wildman–Crippen LogP) is 1.68. The van der Waals surface area contributed by atoms with Crippen molar-refractivity contribution in [3.05, 3.63) is 42.0 Å². The average Bonchev–Trinajstić information content (AvgIpc) is 2.29. The molecule has 0 atom stereocenters. The minimum atomic E-state index is -1.08. The molecule has 0 saturated carbocycles. The van der Waals surface area contributed by atoms with Crippen molar-refractivity contribution in [2.24, 2.45) is 0 Å². The number of Topliss-reactive ketones (excluding diaryl/α,β-unsaturated/α-hetero) is 1. The number of benzene rings is 1. The van der Waals surface area contributed by atoms with Crippen LogP contribution in [0.5, 0.6) is 0 Å². The minimum absolute atomic E-state index is 0.158. The third-order valence-electron chi connectivity index (χ3n) is 2.32. The normalized spacial score (nSPS) is 11.0. The quantitative estimate of drug-likeness (QED) is 0.745. The molecule has 96 valence electrons. The van der Waals surface area contributed by atoms with E-state index in [1.165, 1.54) is 0 Å². The van der Waals surface area contributed by atoms with Gasteiger partial charge in [-0.2, -0.15) is 0 Å². The van der Waals surface area contributed by atoms with Gasteiger partial charge in [0.1, 0.15) is 6.42 Å². The second kappa shape index (κ2) is 7.40. The minimum Gasteiger partial charge on any atom is -0.481 e. The monoisotopic (exact) mass is 247 g/mol. The number of nitrogens with zero attached hydrogens (tertiary/aromatic N) is 1. The fourth-order valence-electron chi connectivity index (χ4n) is 1.52. The van der Waals surface area contributed by atoms with Crippen molar-refractivity contribution < 1.29 is 14.7 Å². The van der Waals surface area contributed by atoms with Gasteiger partial charge in [-0.1, -0.05) is 42.5 Å². The Bertz CT molecular complexity index is 426. The first-order valence-electron chi connectivity index (χ1n) is 5.71. The summed E-state index contributed by atoms with van der Waals surface area (Å²) in [7, 11) is 1.79. The molecule has 0 radical (unpaired) electrons. The molecule has 0 aromatic heterocycles. The van der Waals surface area contributed by atoms with Crippen molar-refractivity contribution in [1.29, 1.82) is 0 Å². The third-order valence-corrected chi connectivity index (χ3v) is 2.32. The van der Waals surface area contributed by atoms with Crippen molar-refractivity contribution in [2.45, 2.75) is 6.42 Å². The Hall–Kier alpha value is -1.94. The van der Waals surface area contributed by atoms with Crippen LogP contribution in [-0.2, 0) is 9.59 Å². The van der Waals surface area contributed by atoms with Crippen LogP contribution >= 0.6 is 0 Å². The van der Waals surface area contributed by atoms with Crippen LogP contribution < -0.4 is 0 Å². The maximum absolute atomic E-state index is 11.3. The topological polar surface area (TPSA) is 57.6 Å². The van der Waals surface area contributed by atoms with E-state index >= 15 is 0 Å². The van der Waals surface area contributed by atoms with Crippen LogP contribution in [0.2, 0.25) is 0 Å². The van der Waals surface area contributed by atoms with Crippen molar-refractivity contribution in [2.75, 3.05) is 20.1 Å². The summed E-state index contributed by atoms with van der Waals surface area (Å²) in [5.74, 6) is -1.36. The molecule has 0 bridgehead atoms. The van der Waals surface area contributed by atoms with Gasteiger partial charge in [0, 0.05) is 6.54 Å². The van der Waals surface area contributed by atoms with Gasteiger partial charge in [-0.3, -0.25) is 14.5 Å². The van der Waals surface area contributed by atoms with Gasteiger partial charge in [0.15, 0.2) is 5.78 Å².